The van der Waals surface area contributed by atoms with Gasteiger partial charge in [0.1, 0.15) is 17.0 Å². The molecule has 0 aromatic heterocycles. The largest absolute Gasteiger partial charge is 0.486 e. The molecule has 0 unspecified atom stereocenters. The summed E-state index contributed by atoms with van der Waals surface area (Å²) in [5.41, 5.74) is 0.780. The van der Waals surface area contributed by atoms with E-state index in [1.54, 1.807) is 11.8 Å². The Morgan fingerprint density at radius 2 is 2.13 bits per heavy atom. The Bertz CT molecular complexity index is 694. The van der Waals surface area contributed by atoms with Crippen LogP contribution in [0.1, 0.15) is 32.3 Å². The molecule has 0 bridgehead atoms. The zero-order valence-corrected chi connectivity index (χ0v) is 14.8. The summed E-state index contributed by atoms with van der Waals surface area (Å²) in [6.07, 6.45) is 2.96. The lowest BCUT2D eigenvalue weighted by atomic mass is 10.0. The summed E-state index contributed by atoms with van der Waals surface area (Å²) in [6, 6.07) is 1.31. The number of fused-ring (bicyclic) bond motifs is 2. The minimum atomic E-state index is -0.380. The van der Waals surface area contributed by atoms with Gasteiger partial charge in [-0.1, -0.05) is 23.4 Å². The van der Waals surface area contributed by atoms with E-state index in [1.165, 1.54) is 12.5 Å². The van der Waals surface area contributed by atoms with Gasteiger partial charge in [-0.3, -0.25) is 5.01 Å². The number of amidine groups is 1. The lowest BCUT2D eigenvalue weighted by molar-refractivity contribution is 0.0486. The van der Waals surface area contributed by atoms with Crippen molar-refractivity contribution in [3.8, 4) is 5.75 Å². The Hall–Kier alpha value is -0.980. The van der Waals surface area contributed by atoms with Crippen LogP contribution in [0.25, 0.3) is 0 Å². The first kappa shape index (κ1) is 15.5. The van der Waals surface area contributed by atoms with Crippen LogP contribution >= 0.6 is 23.4 Å². The highest BCUT2D eigenvalue weighted by atomic mass is 35.5. The molecule has 23 heavy (non-hydrogen) atoms. The van der Waals surface area contributed by atoms with Crippen molar-refractivity contribution < 1.29 is 9.13 Å². The van der Waals surface area contributed by atoms with Crippen LogP contribution in [0.2, 0.25) is 5.02 Å². The third kappa shape index (κ3) is 2.71. The van der Waals surface area contributed by atoms with Crippen LogP contribution in [0.15, 0.2) is 11.1 Å². The Morgan fingerprint density at radius 3 is 2.96 bits per heavy atom. The molecule has 1 aromatic rings. The monoisotopic (exact) mass is 355 g/mol. The Balaban J connectivity index is 1.76. The Labute approximate surface area is 144 Å². The standard InChI is InChI=1S/C16H19ClFN3OS/c1-16(2)8-10-13(12(18)7-11(17)14(10)22-16)19-15-21-6-4-3-5-20(21)9-23-15/h7H,3-6,8-9H2,1-2H3. The predicted octanol–water partition coefficient (Wildman–Crippen LogP) is 4.20. The van der Waals surface area contributed by atoms with Gasteiger partial charge < -0.3 is 4.74 Å². The molecule has 0 spiro atoms. The number of benzene rings is 1. The van der Waals surface area contributed by atoms with E-state index in [9.17, 15) is 4.39 Å². The van der Waals surface area contributed by atoms with Crippen LogP contribution in [0, 0.1) is 5.82 Å². The molecule has 3 heterocycles. The summed E-state index contributed by atoms with van der Waals surface area (Å²) >= 11 is 7.83. The number of hydrogen-bond donors (Lipinski definition) is 0. The Morgan fingerprint density at radius 1 is 1.35 bits per heavy atom. The van der Waals surface area contributed by atoms with Crippen molar-refractivity contribution in [3.05, 3.63) is 22.5 Å². The Kier molecular flexibility index (Phi) is 3.74. The van der Waals surface area contributed by atoms with Crippen molar-refractivity contribution in [3.63, 3.8) is 0 Å². The van der Waals surface area contributed by atoms with Gasteiger partial charge in [0.15, 0.2) is 11.0 Å². The smallest absolute Gasteiger partial charge is 0.180 e. The van der Waals surface area contributed by atoms with Crippen LogP contribution in [0.3, 0.4) is 0 Å². The molecule has 0 atom stereocenters. The van der Waals surface area contributed by atoms with Crippen LogP contribution in [-0.4, -0.2) is 39.8 Å². The van der Waals surface area contributed by atoms with Crippen molar-refractivity contribution >= 4 is 34.2 Å². The van der Waals surface area contributed by atoms with Crippen LogP contribution in [-0.2, 0) is 6.42 Å². The second-order valence-electron chi connectivity index (χ2n) is 6.76. The molecule has 7 heteroatoms. The second kappa shape index (κ2) is 5.53. The minimum absolute atomic E-state index is 0.325. The number of thioether (sulfide) groups is 1. The zero-order valence-electron chi connectivity index (χ0n) is 13.2. The summed E-state index contributed by atoms with van der Waals surface area (Å²) in [5.74, 6) is 1.09. The molecule has 2 fully saturated rings. The minimum Gasteiger partial charge on any atom is -0.486 e. The van der Waals surface area contributed by atoms with Crippen molar-refractivity contribution in [1.29, 1.82) is 0 Å². The van der Waals surface area contributed by atoms with Gasteiger partial charge >= 0.3 is 0 Å². The van der Waals surface area contributed by atoms with E-state index in [0.29, 0.717) is 22.9 Å². The first-order chi connectivity index (χ1) is 10.9. The quantitative estimate of drug-likeness (QED) is 0.754. The van der Waals surface area contributed by atoms with Crippen molar-refractivity contribution in [2.45, 2.75) is 38.7 Å². The number of hydrogen-bond acceptors (Lipinski definition) is 4. The summed E-state index contributed by atoms with van der Waals surface area (Å²) in [7, 11) is 0. The van der Waals surface area contributed by atoms with Gasteiger partial charge in [0.25, 0.3) is 0 Å². The molecule has 1 aromatic carbocycles. The molecule has 0 amide bonds. The average molecular weight is 356 g/mol. The van der Waals surface area contributed by atoms with E-state index in [-0.39, 0.29) is 11.4 Å². The summed E-state index contributed by atoms with van der Waals surface area (Å²) in [4.78, 5) is 4.67. The van der Waals surface area contributed by atoms with Crippen LogP contribution in [0.5, 0.6) is 5.75 Å². The van der Waals surface area contributed by atoms with Crippen molar-refractivity contribution in [2.24, 2.45) is 4.99 Å². The average Bonchev–Trinajstić information content (AvgIpc) is 3.04. The highest BCUT2D eigenvalue weighted by Gasteiger charge is 2.36. The number of halogens is 2. The topological polar surface area (TPSA) is 28.1 Å². The zero-order chi connectivity index (χ0) is 16.2. The van der Waals surface area contributed by atoms with Crippen LogP contribution < -0.4 is 4.74 Å². The maximum atomic E-state index is 14.5. The van der Waals surface area contributed by atoms with Crippen LogP contribution in [0.4, 0.5) is 10.1 Å². The lowest BCUT2D eigenvalue weighted by Gasteiger charge is -2.32. The highest BCUT2D eigenvalue weighted by molar-refractivity contribution is 8.14. The van der Waals surface area contributed by atoms with Crippen molar-refractivity contribution in [2.75, 3.05) is 19.0 Å². The second-order valence-corrected chi connectivity index (χ2v) is 8.08. The molecule has 4 nitrogen and oxygen atoms in total. The highest BCUT2D eigenvalue weighted by Crippen LogP contribution is 2.47. The molecule has 0 N–H and O–H groups in total. The van der Waals surface area contributed by atoms with Gasteiger partial charge in [0.05, 0.1) is 10.9 Å². The van der Waals surface area contributed by atoms with Gasteiger partial charge in [0.2, 0.25) is 0 Å². The van der Waals surface area contributed by atoms with Gasteiger partial charge in [0, 0.05) is 25.1 Å². The SMILES string of the molecule is CC1(C)Cc2c(N=C3SCN4CCCCN34)c(F)cc(Cl)c2O1. The number of hydrazine groups is 1. The fourth-order valence-electron chi connectivity index (χ4n) is 3.34. The van der Waals surface area contributed by atoms with E-state index in [1.807, 2.05) is 13.8 Å². The summed E-state index contributed by atoms with van der Waals surface area (Å²) < 4.78 is 20.4. The van der Waals surface area contributed by atoms with E-state index in [4.69, 9.17) is 16.3 Å². The summed E-state index contributed by atoms with van der Waals surface area (Å²) in [6.45, 7) is 5.96. The van der Waals surface area contributed by atoms with Gasteiger partial charge in [-0.25, -0.2) is 14.4 Å². The molecule has 3 aliphatic heterocycles. The first-order valence-corrected chi connectivity index (χ1v) is 9.25. The molecule has 4 rings (SSSR count). The van der Waals surface area contributed by atoms with E-state index in [0.717, 1.165) is 36.1 Å². The van der Waals surface area contributed by atoms with E-state index in [2.05, 4.69) is 15.0 Å². The van der Waals surface area contributed by atoms with Gasteiger partial charge in [-0.05, 0) is 32.8 Å². The molecular weight excluding hydrogens is 337 g/mol. The number of aliphatic imine (C=N–C) groups is 1. The fraction of sp³-hybridized carbons (Fsp3) is 0.562. The van der Waals surface area contributed by atoms with Gasteiger partial charge in [-0.2, -0.15) is 0 Å². The third-order valence-electron chi connectivity index (χ3n) is 4.39. The molecule has 2 saturated heterocycles. The lowest BCUT2D eigenvalue weighted by Crippen LogP contribution is -2.43. The van der Waals surface area contributed by atoms with Gasteiger partial charge in [-0.15, -0.1) is 0 Å². The molecular formula is C16H19ClFN3OS. The fourth-order valence-corrected chi connectivity index (χ4v) is 4.63. The number of rotatable bonds is 1. The normalized spacial score (nSPS) is 24.7. The predicted molar refractivity (Wildman–Crippen MR) is 92.0 cm³/mol. The van der Waals surface area contributed by atoms with Crippen molar-refractivity contribution in [1.82, 2.24) is 10.0 Å². The molecule has 124 valence electrons. The maximum absolute atomic E-state index is 14.5. The molecule has 0 saturated carbocycles. The number of ether oxygens (including phenoxy) is 1. The molecule has 0 aliphatic carbocycles. The van der Waals surface area contributed by atoms with E-state index >= 15 is 0 Å². The van der Waals surface area contributed by atoms with E-state index < -0.39 is 0 Å². The first-order valence-electron chi connectivity index (χ1n) is 7.88. The molecule has 3 aliphatic rings. The maximum Gasteiger partial charge on any atom is 0.180 e. The number of nitrogens with zero attached hydrogens (tertiary/aromatic N) is 3. The molecule has 0 radical (unpaired) electrons. The third-order valence-corrected chi connectivity index (χ3v) is 5.65. The summed E-state index contributed by atoms with van der Waals surface area (Å²) in [5, 5.41) is 5.65.